The first-order valence-corrected chi connectivity index (χ1v) is 7.75. The Kier molecular flexibility index (Phi) is 5.30. The smallest absolute Gasteiger partial charge is 0.131 e. The molecular formula is C16H25F2N3. The highest BCUT2D eigenvalue weighted by molar-refractivity contribution is 5.28. The number of likely N-dealkylation sites (N-methyl/N-ethyl adjacent to an activating group) is 1. The standard InChI is InChI=1S/C16H25F2N3/c1-3-21(4-2)16(10-5-6-11-16)15(20-19)14-12(17)8-7-9-13(14)18/h7-9,15,20H,3-6,10-11,19H2,1-2H3. The van der Waals surface area contributed by atoms with Crippen molar-refractivity contribution in [2.45, 2.75) is 51.1 Å². The van der Waals surface area contributed by atoms with E-state index in [2.05, 4.69) is 24.2 Å². The predicted molar refractivity (Wildman–Crippen MR) is 80.5 cm³/mol. The Bertz CT molecular complexity index is 448. The molecule has 118 valence electrons. The van der Waals surface area contributed by atoms with Crippen LogP contribution in [0, 0.1) is 11.6 Å². The second kappa shape index (κ2) is 6.81. The van der Waals surface area contributed by atoms with Crippen LogP contribution in [0.25, 0.3) is 0 Å². The third-order valence-electron chi connectivity index (χ3n) is 4.86. The highest BCUT2D eigenvalue weighted by Crippen LogP contribution is 2.45. The third kappa shape index (κ3) is 2.82. The Morgan fingerprint density at radius 1 is 1.19 bits per heavy atom. The fraction of sp³-hybridized carbons (Fsp3) is 0.625. The van der Waals surface area contributed by atoms with Gasteiger partial charge in [-0.2, -0.15) is 0 Å². The van der Waals surface area contributed by atoms with Gasteiger partial charge in [0.15, 0.2) is 0 Å². The van der Waals surface area contributed by atoms with Crippen molar-refractivity contribution >= 4 is 0 Å². The van der Waals surface area contributed by atoms with Gasteiger partial charge in [-0.3, -0.25) is 16.2 Å². The largest absolute Gasteiger partial charge is 0.296 e. The van der Waals surface area contributed by atoms with E-state index in [-0.39, 0.29) is 11.1 Å². The zero-order valence-electron chi connectivity index (χ0n) is 12.8. The molecule has 1 aromatic rings. The minimum atomic E-state index is -0.541. The zero-order chi connectivity index (χ0) is 15.5. The summed E-state index contributed by atoms with van der Waals surface area (Å²) in [4.78, 5) is 2.29. The van der Waals surface area contributed by atoms with E-state index < -0.39 is 17.7 Å². The molecule has 0 saturated heterocycles. The number of nitrogens with one attached hydrogen (secondary N) is 1. The monoisotopic (exact) mass is 297 g/mol. The van der Waals surface area contributed by atoms with Crippen LogP contribution in [0.1, 0.15) is 51.1 Å². The molecule has 3 N–H and O–H groups in total. The molecule has 21 heavy (non-hydrogen) atoms. The molecule has 5 heteroatoms. The molecule has 0 aromatic heterocycles. The lowest BCUT2D eigenvalue weighted by Crippen LogP contribution is -2.56. The van der Waals surface area contributed by atoms with Gasteiger partial charge in [0, 0.05) is 11.1 Å². The van der Waals surface area contributed by atoms with Crippen molar-refractivity contribution in [2.24, 2.45) is 5.84 Å². The van der Waals surface area contributed by atoms with Crippen LogP contribution in [0.5, 0.6) is 0 Å². The highest BCUT2D eigenvalue weighted by Gasteiger charge is 2.46. The van der Waals surface area contributed by atoms with Crippen molar-refractivity contribution in [2.75, 3.05) is 13.1 Å². The second-order valence-electron chi connectivity index (χ2n) is 5.72. The lowest BCUT2D eigenvalue weighted by atomic mass is 9.81. The van der Waals surface area contributed by atoms with Crippen molar-refractivity contribution in [1.82, 2.24) is 10.3 Å². The first-order valence-electron chi connectivity index (χ1n) is 7.75. The van der Waals surface area contributed by atoms with Crippen LogP contribution < -0.4 is 11.3 Å². The van der Waals surface area contributed by atoms with Crippen molar-refractivity contribution in [1.29, 1.82) is 0 Å². The van der Waals surface area contributed by atoms with E-state index in [1.807, 2.05) is 0 Å². The van der Waals surface area contributed by atoms with Crippen molar-refractivity contribution in [3.8, 4) is 0 Å². The number of hydrazine groups is 1. The van der Waals surface area contributed by atoms with Crippen LogP contribution in [0.15, 0.2) is 18.2 Å². The van der Waals surface area contributed by atoms with E-state index in [1.54, 1.807) is 0 Å². The number of rotatable bonds is 6. The van der Waals surface area contributed by atoms with E-state index in [1.165, 1.54) is 18.2 Å². The summed E-state index contributed by atoms with van der Waals surface area (Å²) in [6.45, 7) is 5.83. The Labute approximate surface area is 125 Å². The summed E-state index contributed by atoms with van der Waals surface area (Å²) < 4.78 is 28.5. The van der Waals surface area contributed by atoms with Crippen molar-refractivity contribution in [3.63, 3.8) is 0 Å². The second-order valence-corrected chi connectivity index (χ2v) is 5.72. The first kappa shape index (κ1) is 16.3. The Morgan fingerprint density at radius 2 is 1.71 bits per heavy atom. The van der Waals surface area contributed by atoms with E-state index in [0.29, 0.717) is 0 Å². The molecular weight excluding hydrogens is 272 g/mol. The first-order chi connectivity index (χ1) is 10.1. The molecule has 1 atom stereocenters. The van der Waals surface area contributed by atoms with Crippen molar-refractivity contribution < 1.29 is 8.78 Å². The maximum Gasteiger partial charge on any atom is 0.131 e. The normalized spacial score (nSPS) is 19.1. The third-order valence-corrected chi connectivity index (χ3v) is 4.86. The van der Waals surface area contributed by atoms with Gasteiger partial charge in [-0.15, -0.1) is 0 Å². The molecule has 0 radical (unpaired) electrons. The minimum Gasteiger partial charge on any atom is -0.296 e. The molecule has 0 bridgehead atoms. The molecule has 2 rings (SSSR count). The van der Waals surface area contributed by atoms with Gasteiger partial charge in [0.1, 0.15) is 11.6 Å². The number of nitrogens with two attached hydrogens (primary N) is 1. The number of halogens is 2. The predicted octanol–water partition coefficient (Wildman–Crippen LogP) is 3.12. The SMILES string of the molecule is CCN(CC)C1(C(NN)c2c(F)cccc2F)CCCC1. The van der Waals surface area contributed by atoms with E-state index in [9.17, 15) is 8.78 Å². The summed E-state index contributed by atoms with van der Waals surface area (Å²) in [6.07, 6.45) is 3.92. The quantitative estimate of drug-likeness (QED) is 0.626. The van der Waals surface area contributed by atoms with Gasteiger partial charge in [0.25, 0.3) is 0 Å². The number of nitrogens with zero attached hydrogens (tertiary/aromatic N) is 1. The lowest BCUT2D eigenvalue weighted by Gasteiger charge is -2.46. The number of benzene rings is 1. The van der Waals surface area contributed by atoms with E-state index in [0.717, 1.165) is 38.8 Å². The van der Waals surface area contributed by atoms with Gasteiger partial charge in [0.2, 0.25) is 0 Å². The Hall–Kier alpha value is -1.04. The zero-order valence-corrected chi connectivity index (χ0v) is 12.8. The highest BCUT2D eigenvalue weighted by atomic mass is 19.1. The topological polar surface area (TPSA) is 41.3 Å². The number of hydrogen-bond acceptors (Lipinski definition) is 3. The van der Waals surface area contributed by atoms with Crippen LogP contribution in [-0.2, 0) is 0 Å². The van der Waals surface area contributed by atoms with Gasteiger partial charge in [0.05, 0.1) is 6.04 Å². The summed E-state index contributed by atoms with van der Waals surface area (Å²) in [5.74, 6) is 4.68. The maximum absolute atomic E-state index is 14.2. The fourth-order valence-electron chi connectivity index (χ4n) is 3.92. The Balaban J connectivity index is 2.51. The summed E-state index contributed by atoms with van der Waals surface area (Å²) in [5.41, 5.74) is 2.46. The molecule has 0 heterocycles. The summed E-state index contributed by atoms with van der Waals surface area (Å²) in [6, 6.07) is 3.45. The van der Waals surface area contributed by atoms with Gasteiger partial charge in [-0.05, 0) is 38.1 Å². The van der Waals surface area contributed by atoms with Gasteiger partial charge in [-0.25, -0.2) is 8.78 Å². The summed E-state index contributed by atoms with van der Waals surface area (Å²) >= 11 is 0. The summed E-state index contributed by atoms with van der Waals surface area (Å²) in [5, 5.41) is 0. The van der Waals surface area contributed by atoms with Crippen LogP contribution in [0.4, 0.5) is 8.78 Å². The Morgan fingerprint density at radius 3 is 2.14 bits per heavy atom. The van der Waals surface area contributed by atoms with E-state index in [4.69, 9.17) is 5.84 Å². The van der Waals surface area contributed by atoms with E-state index >= 15 is 0 Å². The molecule has 1 saturated carbocycles. The molecule has 1 fully saturated rings. The van der Waals surface area contributed by atoms with Gasteiger partial charge < -0.3 is 0 Å². The summed E-state index contributed by atoms with van der Waals surface area (Å²) in [7, 11) is 0. The van der Waals surface area contributed by atoms with Crippen LogP contribution in [0.3, 0.4) is 0 Å². The molecule has 1 aliphatic carbocycles. The molecule has 3 nitrogen and oxygen atoms in total. The molecule has 0 amide bonds. The maximum atomic E-state index is 14.2. The van der Waals surface area contributed by atoms with Gasteiger partial charge >= 0.3 is 0 Å². The molecule has 0 aliphatic heterocycles. The fourth-order valence-corrected chi connectivity index (χ4v) is 3.92. The molecule has 1 aliphatic rings. The van der Waals surface area contributed by atoms with Crippen LogP contribution in [0.2, 0.25) is 0 Å². The average Bonchev–Trinajstić information content (AvgIpc) is 2.94. The van der Waals surface area contributed by atoms with Crippen LogP contribution >= 0.6 is 0 Å². The minimum absolute atomic E-state index is 0.0637. The molecule has 1 aromatic carbocycles. The van der Waals surface area contributed by atoms with Crippen molar-refractivity contribution in [3.05, 3.63) is 35.4 Å². The van der Waals surface area contributed by atoms with Crippen LogP contribution in [-0.4, -0.2) is 23.5 Å². The lowest BCUT2D eigenvalue weighted by molar-refractivity contribution is 0.0598. The average molecular weight is 297 g/mol. The number of hydrogen-bond donors (Lipinski definition) is 2. The molecule has 1 unspecified atom stereocenters. The van der Waals surface area contributed by atoms with Gasteiger partial charge in [-0.1, -0.05) is 32.8 Å². The molecule has 0 spiro atoms.